The molecular weight excluding hydrogens is 192 g/mol. The van der Waals surface area contributed by atoms with E-state index >= 15 is 0 Å². The van der Waals surface area contributed by atoms with Crippen molar-refractivity contribution in [2.45, 2.75) is 51.6 Å². The predicted octanol–water partition coefficient (Wildman–Crippen LogP) is 2.09. The number of carbonyl (C=O) groups is 2. The molecule has 0 aromatic carbocycles. The average Bonchev–Trinajstić information content (AvgIpc) is 2.47. The van der Waals surface area contributed by atoms with Crippen molar-refractivity contribution >= 4 is 11.8 Å². The number of rotatable bonds is 0. The van der Waals surface area contributed by atoms with Crippen molar-refractivity contribution in [2.75, 3.05) is 0 Å². The highest BCUT2D eigenvalue weighted by Gasteiger charge is 2.41. The molecule has 0 N–H and O–H groups in total. The smallest absolute Gasteiger partial charge is 0.309 e. The van der Waals surface area contributed by atoms with Crippen LogP contribution in [0.4, 0.5) is 0 Å². The summed E-state index contributed by atoms with van der Waals surface area (Å²) in [6.45, 7) is 3.64. The first-order valence-corrected chi connectivity index (χ1v) is 5.72. The van der Waals surface area contributed by atoms with Crippen LogP contribution in [0.3, 0.4) is 0 Å². The van der Waals surface area contributed by atoms with Gasteiger partial charge in [-0.1, -0.05) is 6.42 Å². The van der Waals surface area contributed by atoms with Crippen molar-refractivity contribution in [1.82, 2.24) is 0 Å². The van der Waals surface area contributed by atoms with Crippen molar-refractivity contribution in [2.24, 2.45) is 11.8 Å². The lowest BCUT2D eigenvalue weighted by Gasteiger charge is -2.31. The zero-order valence-corrected chi connectivity index (χ0v) is 9.41. The molecule has 1 aliphatic heterocycles. The largest absolute Gasteiger partial charge is 0.459 e. The summed E-state index contributed by atoms with van der Waals surface area (Å²) in [4.78, 5) is 23.5. The Kier molecular flexibility index (Phi) is 2.57. The minimum Gasteiger partial charge on any atom is -0.459 e. The van der Waals surface area contributed by atoms with Gasteiger partial charge in [-0.3, -0.25) is 9.59 Å². The van der Waals surface area contributed by atoms with Gasteiger partial charge in [0.15, 0.2) is 0 Å². The van der Waals surface area contributed by atoms with Gasteiger partial charge in [0, 0.05) is 12.8 Å². The summed E-state index contributed by atoms with van der Waals surface area (Å²) in [7, 11) is 0. The molecular formula is C12H18O3. The Hall–Kier alpha value is -0.860. The topological polar surface area (TPSA) is 43.4 Å². The minimum atomic E-state index is -0.609. The van der Waals surface area contributed by atoms with Crippen LogP contribution in [0.25, 0.3) is 0 Å². The molecule has 0 aromatic heterocycles. The van der Waals surface area contributed by atoms with E-state index in [9.17, 15) is 9.59 Å². The third kappa shape index (κ3) is 2.21. The monoisotopic (exact) mass is 210 g/mol. The first-order valence-electron chi connectivity index (χ1n) is 5.72. The molecule has 1 heterocycles. The Balaban J connectivity index is 2.18. The molecule has 1 saturated heterocycles. The Bertz CT molecular complexity index is 293. The van der Waals surface area contributed by atoms with Gasteiger partial charge in [0.2, 0.25) is 0 Å². The molecule has 1 aliphatic carbocycles. The van der Waals surface area contributed by atoms with Gasteiger partial charge < -0.3 is 4.74 Å². The maximum atomic E-state index is 11.8. The van der Waals surface area contributed by atoms with Crippen molar-refractivity contribution in [1.29, 1.82) is 0 Å². The van der Waals surface area contributed by atoms with Crippen LogP contribution in [-0.4, -0.2) is 17.4 Å². The maximum Gasteiger partial charge on any atom is 0.309 e. The SMILES string of the molecule is CC1(C)CC(=O)CC2CCCC2C(=O)O1. The van der Waals surface area contributed by atoms with E-state index in [-0.39, 0.29) is 23.6 Å². The number of fused-ring (bicyclic) bond motifs is 1. The van der Waals surface area contributed by atoms with E-state index in [0.717, 1.165) is 19.3 Å². The summed E-state index contributed by atoms with van der Waals surface area (Å²) in [5, 5.41) is 0. The lowest BCUT2D eigenvalue weighted by Crippen LogP contribution is -2.38. The van der Waals surface area contributed by atoms with Crippen LogP contribution < -0.4 is 0 Å². The molecule has 84 valence electrons. The van der Waals surface area contributed by atoms with Crippen LogP contribution in [-0.2, 0) is 14.3 Å². The second-order valence-electron chi connectivity index (χ2n) is 5.40. The average molecular weight is 210 g/mol. The van der Waals surface area contributed by atoms with E-state index in [2.05, 4.69) is 0 Å². The van der Waals surface area contributed by atoms with E-state index in [4.69, 9.17) is 4.74 Å². The van der Waals surface area contributed by atoms with E-state index in [0.29, 0.717) is 12.8 Å². The van der Waals surface area contributed by atoms with Crippen molar-refractivity contribution in [3.63, 3.8) is 0 Å². The van der Waals surface area contributed by atoms with Gasteiger partial charge in [-0.05, 0) is 32.6 Å². The molecule has 0 amide bonds. The number of cyclic esters (lactones) is 1. The molecule has 2 rings (SSSR count). The van der Waals surface area contributed by atoms with Gasteiger partial charge in [-0.15, -0.1) is 0 Å². The molecule has 0 bridgehead atoms. The molecule has 0 spiro atoms. The standard InChI is InChI=1S/C12H18O3/c1-12(2)7-9(13)6-8-4-3-5-10(8)11(14)15-12/h8,10H,3-7H2,1-2H3. The summed E-state index contributed by atoms with van der Waals surface area (Å²) < 4.78 is 5.40. The molecule has 2 aliphatic rings. The highest BCUT2D eigenvalue weighted by atomic mass is 16.6. The predicted molar refractivity (Wildman–Crippen MR) is 55.2 cm³/mol. The number of carbonyl (C=O) groups excluding carboxylic acids is 2. The summed E-state index contributed by atoms with van der Waals surface area (Å²) in [6, 6.07) is 0. The molecule has 1 saturated carbocycles. The number of Topliss-reactive ketones (excluding diaryl/α,β-unsaturated/α-hetero) is 1. The van der Waals surface area contributed by atoms with E-state index in [1.54, 1.807) is 0 Å². The Morgan fingerprint density at radius 2 is 2.00 bits per heavy atom. The first kappa shape index (κ1) is 10.7. The zero-order valence-electron chi connectivity index (χ0n) is 9.41. The molecule has 3 nitrogen and oxygen atoms in total. The number of esters is 1. The Labute approximate surface area is 90.2 Å². The van der Waals surface area contributed by atoms with Crippen molar-refractivity contribution < 1.29 is 14.3 Å². The van der Waals surface area contributed by atoms with E-state index in [1.165, 1.54) is 0 Å². The van der Waals surface area contributed by atoms with Crippen LogP contribution in [0, 0.1) is 11.8 Å². The van der Waals surface area contributed by atoms with Gasteiger partial charge in [0.1, 0.15) is 11.4 Å². The first-order chi connectivity index (χ1) is 6.98. The molecule has 2 fully saturated rings. The molecule has 0 aromatic rings. The molecule has 0 radical (unpaired) electrons. The normalized spacial score (nSPS) is 35.3. The van der Waals surface area contributed by atoms with Gasteiger partial charge in [0.05, 0.1) is 5.92 Å². The maximum absolute atomic E-state index is 11.8. The van der Waals surface area contributed by atoms with Crippen molar-refractivity contribution in [3.8, 4) is 0 Å². The van der Waals surface area contributed by atoms with Gasteiger partial charge >= 0.3 is 5.97 Å². The van der Waals surface area contributed by atoms with Crippen LogP contribution >= 0.6 is 0 Å². The summed E-state index contributed by atoms with van der Waals surface area (Å²) >= 11 is 0. The minimum absolute atomic E-state index is 0.0199. The second kappa shape index (κ2) is 3.62. The highest BCUT2D eigenvalue weighted by molar-refractivity contribution is 5.83. The van der Waals surface area contributed by atoms with Crippen LogP contribution in [0.15, 0.2) is 0 Å². The van der Waals surface area contributed by atoms with Crippen LogP contribution in [0.1, 0.15) is 46.0 Å². The quantitative estimate of drug-likeness (QED) is 0.575. The number of ether oxygens (including phenoxy) is 1. The fourth-order valence-electron chi connectivity index (χ4n) is 2.81. The third-order valence-corrected chi connectivity index (χ3v) is 3.45. The Morgan fingerprint density at radius 3 is 2.73 bits per heavy atom. The molecule has 3 heteroatoms. The number of hydrogen-bond acceptors (Lipinski definition) is 3. The lowest BCUT2D eigenvalue weighted by molar-refractivity contribution is -0.166. The number of hydrogen-bond donors (Lipinski definition) is 0. The van der Waals surface area contributed by atoms with Crippen LogP contribution in [0.5, 0.6) is 0 Å². The summed E-state index contributed by atoms with van der Waals surface area (Å²) in [5.74, 6) is 0.383. The van der Waals surface area contributed by atoms with E-state index < -0.39 is 5.60 Å². The summed E-state index contributed by atoms with van der Waals surface area (Å²) in [5.41, 5.74) is -0.609. The fourth-order valence-corrected chi connectivity index (χ4v) is 2.81. The molecule has 2 unspecified atom stereocenters. The zero-order chi connectivity index (χ0) is 11.1. The third-order valence-electron chi connectivity index (χ3n) is 3.45. The Morgan fingerprint density at radius 1 is 1.27 bits per heavy atom. The molecule has 15 heavy (non-hydrogen) atoms. The fraction of sp³-hybridized carbons (Fsp3) is 0.833. The second-order valence-corrected chi connectivity index (χ2v) is 5.40. The van der Waals surface area contributed by atoms with Gasteiger partial charge in [-0.25, -0.2) is 0 Å². The van der Waals surface area contributed by atoms with Crippen molar-refractivity contribution in [3.05, 3.63) is 0 Å². The van der Waals surface area contributed by atoms with Gasteiger partial charge in [-0.2, -0.15) is 0 Å². The van der Waals surface area contributed by atoms with Gasteiger partial charge in [0.25, 0.3) is 0 Å². The number of ketones is 1. The summed E-state index contributed by atoms with van der Waals surface area (Å²) in [6.07, 6.45) is 3.89. The highest BCUT2D eigenvalue weighted by Crippen LogP contribution is 2.38. The van der Waals surface area contributed by atoms with Crippen LogP contribution in [0.2, 0.25) is 0 Å². The molecule has 2 atom stereocenters. The lowest BCUT2D eigenvalue weighted by atomic mass is 9.86. The van der Waals surface area contributed by atoms with E-state index in [1.807, 2.05) is 13.8 Å².